The zero-order valence-electron chi connectivity index (χ0n) is 8.58. The maximum absolute atomic E-state index is 8.48. The third kappa shape index (κ3) is 3.20. The van der Waals surface area contributed by atoms with Gasteiger partial charge in [0.15, 0.2) is 0 Å². The summed E-state index contributed by atoms with van der Waals surface area (Å²) in [5, 5.41) is 17.5. The van der Waals surface area contributed by atoms with Crippen LogP contribution in [0.1, 0.15) is 5.56 Å². The Morgan fingerprint density at radius 2 is 2.06 bits per heavy atom. The molecule has 0 aliphatic carbocycles. The Morgan fingerprint density at radius 3 is 2.62 bits per heavy atom. The van der Waals surface area contributed by atoms with Gasteiger partial charge in [-0.3, -0.25) is 5.43 Å². The summed E-state index contributed by atoms with van der Waals surface area (Å²) < 4.78 is 0. The Bertz CT molecular complexity index is 478. The predicted octanol–water partition coefficient (Wildman–Crippen LogP) is 2.50. The molecule has 0 aliphatic heterocycles. The van der Waals surface area contributed by atoms with Gasteiger partial charge in [-0.2, -0.15) is 10.5 Å². The van der Waals surface area contributed by atoms with Gasteiger partial charge in [-0.1, -0.05) is 17.7 Å². The number of hydrazine groups is 1. The van der Waals surface area contributed by atoms with E-state index in [0.717, 1.165) is 5.56 Å². The Hall–Kier alpha value is -2.17. The van der Waals surface area contributed by atoms with Crippen molar-refractivity contribution in [2.75, 3.05) is 5.43 Å². The number of aryl methyl sites for hydroxylation is 1. The van der Waals surface area contributed by atoms with Crippen molar-refractivity contribution in [1.29, 1.82) is 10.5 Å². The van der Waals surface area contributed by atoms with E-state index in [-0.39, 0.29) is 5.57 Å². The first-order chi connectivity index (χ1) is 7.67. The van der Waals surface area contributed by atoms with Gasteiger partial charge in [0.1, 0.15) is 17.7 Å². The first-order valence-corrected chi connectivity index (χ1v) is 4.83. The molecule has 0 aliphatic rings. The fraction of sp³-hybridized carbons (Fsp3) is 0.0909. The summed E-state index contributed by atoms with van der Waals surface area (Å²) in [7, 11) is 0. The van der Waals surface area contributed by atoms with Crippen LogP contribution in [-0.2, 0) is 0 Å². The van der Waals surface area contributed by atoms with Crippen LogP contribution in [-0.4, -0.2) is 0 Å². The maximum atomic E-state index is 8.48. The van der Waals surface area contributed by atoms with Crippen LogP contribution in [0.15, 0.2) is 30.0 Å². The molecule has 0 radical (unpaired) electrons. The van der Waals surface area contributed by atoms with Crippen molar-refractivity contribution in [3.05, 3.63) is 40.6 Å². The molecular formula is C11H9ClN4. The molecule has 0 heterocycles. The van der Waals surface area contributed by atoms with Gasteiger partial charge < -0.3 is 5.43 Å². The molecule has 0 unspecified atom stereocenters. The number of hydrogen-bond acceptors (Lipinski definition) is 4. The fourth-order valence-corrected chi connectivity index (χ4v) is 1.28. The van der Waals surface area contributed by atoms with Crippen molar-refractivity contribution in [2.45, 2.75) is 6.92 Å². The number of hydrogen-bond donors (Lipinski definition) is 2. The van der Waals surface area contributed by atoms with E-state index in [9.17, 15) is 0 Å². The van der Waals surface area contributed by atoms with Crippen LogP contribution in [0.3, 0.4) is 0 Å². The van der Waals surface area contributed by atoms with Crippen LogP contribution in [0.25, 0.3) is 0 Å². The van der Waals surface area contributed by atoms with Crippen molar-refractivity contribution in [2.24, 2.45) is 0 Å². The Labute approximate surface area is 98.7 Å². The van der Waals surface area contributed by atoms with Gasteiger partial charge in [-0.25, -0.2) is 0 Å². The fourth-order valence-electron chi connectivity index (χ4n) is 0.997. The molecule has 0 fully saturated rings. The third-order valence-electron chi connectivity index (χ3n) is 1.79. The van der Waals surface area contributed by atoms with Gasteiger partial charge in [0, 0.05) is 6.20 Å². The summed E-state index contributed by atoms with van der Waals surface area (Å²) in [4.78, 5) is 0. The maximum Gasteiger partial charge on any atom is 0.147 e. The number of nitrogens with one attached hydrogen (secondary N) is 2. The highest BCUT2D eigenvalue weighted by Gasteiger charge is 1.98. The zero-order valence-corrected chi connectivity index (χ0v) is 9.34. The van der Waals surface area contributed by atoms with E-state index >= 15 is 0 Å². The second kappa shape index (κ2) is 5.65. The molecule has 4 nitrogen and oxygen atoms in total. The minimum atomic E-state index is -0.0178. The molecule has 0 bridgehead atoms. The van der Waals surface area contributed by atoms with Crippen molar-refractivity contribution in [1.82, 2.24) is 5.43 Å². The number of nitriles is 2. The topological polar surface area (TPSA) is 71.6 Å². The molecule has 0 amide bonds. The van der Waals surface area contributed by atoms with Gasteiger partial charge in [0.2, 0.25) is 0 Å². The lowest BCUT2D eigenvalue weighted by Gasteiger charge is -2.07. The first-order valence-electron chi connectivity index (χ1n) is 4.45. The van der Waals surface area contributed by atoms with Gasteiger partial charge in [0.05, 0.1) is 10.7 Å². The molecule has 16 heavy (non-hydrogen) atoms. The van der Waals surface area contributed by atoms with Gasteiger partial charge >= 0.3 is 0 Å². The monoisotopic (exact) mass is 232 g/mol. The van der Waals surface area contributed by atoms with Crippen molar-refractivity contribution in [3.63, 3.8) is 0 Å². The zero-order chi connectivity index (χ0) is 12.0. The number of allylic oxidation sites excluding steroid dienone is 1. The molecule has 0 saturated heterocycles. The second-order valence-corrected chi connectivity index (χ2v) is 3.44. The largest absolute Gasteiger partial charge is 0.306 e. The number of benzene rings is 1. The first kappa shape index (κ1) is 11.9. The molecule has 1 aromatic rings. The normalized spacial score (nSPS) is 8.50. The Kier molecular flexibility index (Phi) is 4.20. The average Bonchev–Trinajstić information content (AvgIpc) is 2.27. The quantitative estimate of drug-likeness (QED) is 0.621. The molecule has 0 aromatic heterocycles. The van der Waals surface area contributed by atoms with E-state index in [1.54, 1.807) is 18.2 Å². The van der Waals surface area contributed by atoms with Crippen LogP contribution in [0.4, 0.5) is 5.69 Å². The van der Waals surface area contributed by atoms with Gasteiger partial charge in [-0.15, -0.1) is 0 Å². The van der Waals surface area contributed by atoms with E-state index < -0.39 is 0 Å². The summed E-state index contributed by atoms with van der Waals surface area (Å²) in [5.74, 6) is 0. The number of nitrogens with zero attached hydrogens (tertiary/aromatic N) is 2. The lowest BCUT2D eigenvalue weighted by Crippen LogP contribution is -2.15. The molecule has 0 saturated carbocycles. The van der Waals surface area contributed by atoms with Crippen LogP contribution in [0.2, 0.25) is 5.02 Å². The molecule has 0 spiro atoms. The second-order valence-electron chi connectivity index (χ2n) is 3.03. The molecule has 80 valence electrons. The average molecular weight is 233 g/mol. The van der Waals surface area contributed by atoms with Gasteiger partial charge in [-0.05, 0) is 24.6 Å². The third-order valence-corrected chi connectivity index (χ3v) is 2.10. The highest BCUT2D eigenvalue weighted by atomic mass is 35.5. The summed E-state index contributed by atoms with van der Waals surface area (Å²) in [6, 6.07) is 8.96. The highest BCUT2D eigenvalue weighted by molar-refractivity contribution is 6.33. The van der Waals surface area contributed by atoms with E-state index in [1.807, 2.05) is 19.1 Å². The molecule has 1 aromatic carbocycles. The van der Waals surface area contributed by atoms with Crippen LogP contribution in [0.5, 0.6) is 0 Å². The van der Waals surface area contributed by atoms with Crippen LogP contribution < -0.4 is 10.9 Å². The standard InChI is InChI=1S/C11H9ClN4/c1-8-2-3-11(10(12)4-8)16-15-7-9(5-13)6-14/h2-4,7,15-16H,1H3. The molecule has 1 rings (SSSR count). The lowest BCUT2D eigenvalue weighted by molar-refractivity contribution is 1.05. The minimum Gasteiger partial charge on any atom is -0.306 e. The number of rotatable bonds is 3. The Morgan fingerprint density at radius 1 is 1.38 bits per heavy atom. The SMILES string of the molecule is Cc1ccc(NNC=C(C#N)C#N)c(Cl)c1. The number of halogens is 1. The summed E-state index contributed by atoms with van der Waals surface area (Å²) >= 11 is 5.96. The molecular weight excluding hydrogens is 224 g/mol. The summed E-state index contributed by atoms with van der Waals surface area (Å²) in [6.45, 7) is 1.94. The van der Waals surface area contributed by atoms with Crippen LogP contribution in [0, 0.1) is 29.6 Å². The number of anilines is 1. The van der Waals surface area contributed by atoms with E-state index in [4.69, 9.17) is 22.1 Å². The van der Waals surface area contributed by atoms with Gasteiger partial charge in [0.25, 0.3) is 0 Å². The van der Waals surface area contributed by atoms with E-state index in [1.165, 1.54) is 6.20 Å². The van der Waals surface area contributed by atoms with Crippen LogP contribution >= 0.6 is 11.6 Å². The summed E-state index contributed by atoms with van der Waals surface area (Å²) in [6.07, 6.45) is 1.27. The van der Waals surface area contributed by atoms with E-state index in [2.05, 4.69) is 10.9 Å². The highest BCUT2D eigenvalue weighted by Crippen LogP contribution is 2.21. The smallest absolute Gasteiger partial charge is 0.147 e. The van der Waals surface area contributed by atoms with E-state index in [0.29, 0.717) is 10.7 Å². The molecule has 5 heteroatoms. The van der Waals surface area contributed by atoms with Crippen molar-refractivity contribution < 1.29 is 0 Å². The lowest BCUT2D eigenvalue weighted by atomic mass is 10.2. The van der Waals surface area contributed by atoms with Crippen molar-refractivity contribution in [3.8, 4) is 12.1 Å². The molecule has 0 atom stereocenters. The minimum absolute atomic E-state index is 0.0178. The predicted molar refractivity (Wildman–Crippen MR) is 62.3 cm³/mol. The Balaban J connectivity index is 2.67. The van der Waals surface area contributed by atoms with Crippen molar-refractivity contribution >= 4 is 17.3 Å². The molecule has 2 N–H and O–H groups in total. The summed E-state index contributed by atoms with van der Waals surface area (Å²) in [5.41, 5.74) is 7.12.